The van der Waals surface area contributed by atoms with E-state index in [1.165, 1.54) is 0 Å². The fourth-order valence-electron chi connectivity index (χ4n) is 3.01. The van der Waals surface area contributed by atoms with Crippen molar-refractivity contribution in [2.24, 2.45) is 10.7 Å². The SMILES string of the molecule is CC(C)(C)OC(=O)N1CCN(C(N)=NCc2ccccc2-n2ccnc2)CC1.I. The quantitative estimate of drug-likeness (QED) is 0.388. The predicted molar refractivity (Wildman–Crippen MR) is 124 cm³/mol. The summed E-state index contributed by atoms with van der Waals surface area (Å²) in [6.45, 7) is 8.49. The van der Waals surface area contributed by atoms with Crippen LogP contribution < -0.4 is 5.73 Å². The molecule has 9 heteroatoms. The number of hydrogen-bond acceptors (Lipinski definition) is 4. The Hall–Kier alpha value is -2.30. The molecule has 1 aliphatic rings. The minimum absolute atomic E-state index is 0. The van der Waals surface area contributed by atoms with Crippen LogP contribution in [-0.4, -0.2) is 63.2 Å². The van der Waals surface area contributed by atoms with Gasteiger partial charge in [-0.25, -0.2) is 14.8 Å². The molecule has 1 amide bonds. The molecule has 0 aliphatic carbocycles. The highest BCUT2D eigenvalue weighted by atomic mass is 127. The highest BCUT2D eigenvalue weighted by Gasteiger charge is 2.26. The van der Waals surface area contributed by atoms with Gasteiger partial charge in [0.15, 0.2) is 5.96 Å². The highest BCUT2D eigenvalue weighted by molar-refractivity contribution is 14.0. The number of rotatable bonds is 3. The van der Waals surface area contributed by atoms with Gasteiger partial charge >= 0.3 is 6.09 Å². The van der Waals surface area contributed by atoms with Gasteiger partial charge in [0.2, 0.25) is 0 Å². The lowest BCUT2D eigenvalue weighted by Crippen LogP contribution is -2.53. The number of amides is 1. The summed E-state index contributed by atoms with van der Waals surface area (Å²) in [6.07, 6.45) is 5.14. The first-order valence-corrected chi connectivity index (χ1v) is 9.42. The number of carbonyl (C=O) groups is 1. The fraction of sp³-hybridized carbons (Fsp3) is 0.450. The van der Waals surface area contributed by atoms with Crippen molar-refractivity contribution in [2.45, 2.75) is 32.9 Å². The Morgan fingerprint density at radius 1 is 1.17 bits per heavy atom. The second kappa shape index (κ2) is 9.95. The summed E-state index contributed by atoms with van der Waals surface area (Å²) >= 11 is 0. The van der Waals surface area contributed by atoms with Gasteiger partial charge in [0.25, 0.3) is 0 Å². The standard InChI is InChI=1S/C20H28N6O2.HI/c1-20(2,3)28-19(27)25-12-10-24(11-13-25)18(21)23-14-16-6-4-5-7-17(16)26-9-8-22-15-26;/h4-9,15H,10-14H2,1-3H3,(H2,21,23);1H. The topological polar surface area (TPSA) is 89.0 Å². The lowest BCUT2D eigenvalue weighted by molar-refractivity contribution is 0.0186. The van der Waals surface area contributed by atoms with Crippen molar-refractivity contribution in [2.75, 3.05) is 26.2 Å². The molecule has 1 aromatic heterocycles. The molecule has 8 nitrogen and oxygen atoms in total. The van der Waals surface area contributed by atoms with Crippen molar-refractivity contribution in [3.63, 3.8) is 0 Å². The van der Waals surface area contributed by atoms with Crippen LogP contribution in [0.4, 0.5) is 4.79 Å². The third-order valence-electron chi connectivity index (χ3n) is 4.44. The number of nitrogens with zero attached hydrogens (tertiary/aromatic N) is 5. The van der Waals surface area contributed by atoms with Crippen LogP contribution >= 0.6 is 24.0 Å². The lowest BCUT2D eigenvalue weighted by Gasteiger charge is -2.36. The number of aromatic nitrogens is 2. The molecule has 0 saturated carbocycles. The molecular weight excluding hydrogens is 483 g/mol. The number of benzene rings is 1. The van der Waals surface area contributed by atoms with Crippen LogP contribution in [0.3, 0.4) is 0 Å². The summed E-state index contributed by atoms with van der Waals surface area (Å²) in [5, 5.41) is 0. The van der Waals surface area contributed by atoms with Crippen molar-refractivity contribution < 1.29 is 9.53 Å². The summed E-state index contributed by atoms with van der Waals surface area (Å²) in [6, 6.07) is 8.04. The van der Waals surface area contributed by atoms with Crippen LogP contribution in [0.25, 0.3) is 5.69 Å². The van der Waals surface area contributed by atoms with Gasteiger partial charge in [-0.05, 0) is 32.4 Å². The second-order valence-electron chi connectivity index (χ2n) is 7.73. The number of imidazole rings is 1. The molecule has 0 radical (unpaired) electrons. The zero-order valence-corrected chi connectivity index (χ0v) is 19.4. The van der Waals surface area contributed by atoms with Gasteiger partial charge < -0.3 is 24.8 Å². The van der Waals surface area contributed by atoms with E-state index in [2.05, 4.69) is 9.98 Å². The van der Waals surface area contributed by atoms with E-state index < -0.39 is 5.60 Å². The first-order valence-electron chi connectivity index (χ1n) is 9.42. The number of carbonyl (C=O) groups excluding carboxylic acids is 1. The van der Waals surface area contributed by atoms with Crippen LogP contribution in [-0.2, 0) is 11.3 Å². The molecule has 1 fully saturated rings. The molecule has 1 aliphatic heterocycles. The van der Waals surface area contributed by atoms with E-state index in [-0.39, 0.29) is 30.1 Å². The maximum Gasteiger partial charge on any atom is 0.410 e. The lowest BCUT2D eigenvalue weighted by atomic mass is 10.2. The van der Waals surface area contributed by atoms with Gasteiger partial charge in [-0.2, -0.15) is 0 Å². The molecular formula is C20H29IN6O2. The molecule has 1 saturated heterocycles. The van der Waals surface area contributed by atoms with Crippen molar-refractivity contribution in [3.8, 4) is 5.69 Å². The average molecular weight is 512 g/mol. The van der Waals surface area contributed by atoms with E-state index in [1.54, 1.807) is 17.4 Å². The Balaban J connectivity index is 0.00000300. The third kappa shape index (κ3) is 6.34. The maximum absolute atomic E-state index is 12.2. The van der Waals surface area contributed by atoms with Crippen LogP contribution in [0.2, 0.25) is 0 Å². The fourth-order valence-corrected chi connectivity index (χ4v) is 3.01. The number of aliphatic imine (C=N–C) groups is 1. The van der Waals surface area contributed by atoms with E-state index in [1.807, 2.05) is 60.7 Å². The van der Waals surface area contributed by atoms with Crippen LogP contribution in [0.1, 0.15) is 26.3 Å². The van der Waals surface area contributed by atoms with Gasteiger partial charge in [0.1, 0.15) is 5.60 Å². The summed E-state index contributed by atoms with van der Waals surface area (Å²) in [7, 11) is 0. The van der Waals surface area contributed by atoms with E-state index in [0.29, 0.717) is 38.7 Å². The molecule has 1 aromatic carbocycles. The summed E-state index contributed by atoms with van der Waals surface area (Å²) < 4.78 is 7.39. The van der Waals surface area contributed by atoms with Crippen molar-refractivity contribution in [1.29, 1.82) is 0 Å². The molecule has 0 spiro atoms. The molecule has 0 atom stereocenters. The molecule has 2 N–H and O–H groups in total. The molecule has 158 valence electrons. The Morgan fingerprint density at radius 3 is 2.45 bits per heavy atom. The molecule has 0 bridgehead atoms. The smallest absolute Gasteiger partial charge is 0.410 e. The number of ether oxygens (including phenoxy) is 1. The number of halogens is 1. The number of para-hydroxylation sites is 1. The number of hydrogen-bond donors (Lipinski definition) is 1. The number of guanidine groups is 1. The van der Waals surface area contributed by atoms with Crippen molar-refractivity contribution in [3.05, 3.63) is 48.5 Å². The highest BCUT2D eigenvalue weighted by Crippen LogP contribution is 2.16. The van der Waals surface area contributed by atoms with Crippen molar-refractivity contribution in [1.82, 2.24) is 19.4 Å². The third-order valence-corrected chi connectivity index (χ3v) is 4.44. The number of nitrogens with two attached hydrogens (primary N) is 1. The van der Waals surface area contributed by atoms with E-state index >= 15 is 0 Å². The molecule has 0 unspecified atom stereocenters. The van der Waals surface area contributed by atoms with Gasteiger partial charge in [-0.3, -0.25) is 0 Å². The molecule has 29 heavy (non-hydrogen) atoms. The summed E-state index contributed by atoms with van der Waals surface area (Å²) in [5.41, 5.74) is 7.82. The first-order chi connectivity index (χ1) is 13.3. The van der Waals surface area contributed by atoms with Crippen LogP contribution in [0, 0.1) is 0 Å². The summed E-state index contributed by atoms with van der Waals surface area (Å²) in [4.78, 5) is 24.6. The molecule has 2 aromatic rings. The predicted octanol–water partition coefficient (Wildman–Crippen LogP) is 2.86. The van der Waals surface area contributed by atoms with Crippen molar-refractivity contribution >= 4 is 36.0 Å². The number of piperazine rings is 1. The van der Waals surface area contributed by atoms with E-state index in [9.17, 15) is 4.79 Å². The van der Waals surface area contributed by atoms with Gasteiger partial charge in [-0.1, -0.05) is 18.2 Å². The second-order valence-corrected chi connectivity index (χ2v) is 7.73. The molecule has 3 rings (SSSR count). The Morgan fingerprint density at radius 2 is 1.83 bits per heavy atom. The molecule has 2 heterocycles. The van der Waals surface area contributed by atoms with Crippen LogP contribution in [0.5, 0.6) is 0 Å². The Kier molecular flexibility index (Phi) is 7.88. The zero-order valence-electron chi connectivity index (χ0n) is 17.1. The maximum atomic E-state index is 12.2. The minimum atomic E-state index is -0.489. The average Bonchev–Trinajstić information content (AvgIpc) is 3.19. The minimum Gasteiger partial charge on any atom is -0.444 e. The van der Waals surface area contributed by atoms with Crippen LogP contribution in [0.15, 0.2) is 48.0 Å². The normalized spacial score (nSPS) is 15.1. The summed E-state index contributed by atoms with van der Waals surface area (Å²) in [5.74, 6) is 0.490. The Labute approximate surface area is 188 Å². The van der Waals surface area contributed by atoms with Gasteiger partial charge in [0.05, 0.1) is 18.6 Å². The van der Waals surface area contributed by atoms with E-state index in [4.69, 9.17) is 10.5 Å². The monoisotopic (exact) mass is 512 g/mol. The van der Waals surface area contributed by atoms with E-state index in [0.717, 1.165) is 11.3 Å². The largest absolute Gasteiger partial charge is 0.444 e. The zero-order chi connectivity index (χ0) is 20.1. The van der Waals surface area contributed by atoms with Gasteiger partial charge in [-0.15, -0.1) is 24.0 Å². The Bertz CT molecular complexity index is 824. The first kappa shape index (κ1) is 23.0. The van der Waals surface area contributed by atoms with Gasteiger partial charge in [0, 0.05) is 38.6 Å².